The molecule has 2 heterocycles. The van der Waals surface area contributed by atoms with Gasteiger partial charge in [-0.2, -0.15) is 0 Å². The van der Waals surface area contributed by atoms with E-state index in [1.54, 1.807) is 6.92 Å². The lowest BCUT2D eigenvalue weighted by molar-refractivity contribution is 0.0906. The Morgan fingerprint density at radius 3 is 2.72 bits per heavy atom. The molecule has 0 amide bonds. The van der Waals surface area contributed by atoms with E-state index < -0.39 is 5.67 Å². The van der Waals surface area contributed by atoms with Gasteiger partial charge in [-0.05, 0) is 83.5 Å². The monoisotopic (exact) mass is 418 g/mol. The second-order valence-electron chi connectivity index (χ2n) is 9.42. The number of rotatable bonds is 6. The fourth-order valence-corrected chi connectivity index (χ4v) is 5.42. The summed E-state index contributed by atoms with van der Waals surface area (Å²) in [4.78, 5) is 15.5. The van der Waals surface area contributed by atoms with Gasteiger partial charge < -0.3 is 9.47 Å². The first-order valence-corrected chi connectivity index (χ1v) is 11.4. The van der Waals surface area contributed by atoms with Crippen LogP contribution < -0.4 is 0 Å². The normalized spacial score (nSPS) is 28.3. The lowest BCUT2D eigenvalue weighted by Gasteiger charge is -2.30. The van der Waals surface area contributed by atoms with Crippen LogP contribution in [0.25, 0.3) is 10.9 Å². The number of hydrogen-bond acceptors (Lipinski definition) is 2. The highest BCUT2D eigenvalue weighted by molar-refractivity contribution is 6.37. The van der Waals surface area contributed by atoms with Crippen LogP contribution in [0, 0.1) is 5.92 Å². The van der Waals surface area contributed by atoms with Crippen LogP contribution in [0.5, 0.6) is 0 Å². The van der Waals surface area contributed by atoms with Crippen LogP contribution in [0.4, 0.5) is 4.39 Å². The number of halogens is 2. The molecule has 158 valence electrons. The van der Waals surface area contributed by atoms with E-state index in [1.165, 1.54) is 12.8 Å². The third-order valence-electron chi connectivity index (χ3n) is 7.16. The summed E-state index contributed by atoms with van der Waals surface area (Å²) in [7, 11) is 2.18. The molecule has 1 saturated heterocycles. The molecular weight excluding hydrogens is 387 g/mol. The molecule has 2 aromatic rings. The Morgan fingerprint density at radius 1 is 1.28 bits per heavy atom. The van der Waals surface area contributed by atoms with E-state index in [0.717, 1.165) is 48.8 Å². The van der Waals surface area contributed by atoms with Gasteiger partial charge in [-0.15, -0.1) is 0 Å². The predicted molar refractivity (Wildman–Crippen MR) is 118 cm³/mol. The molecule has 1 aliphatic carbocycles. The number of Topliss-reactive ketones (excluding diaryl/α,β-unsaturated/α-hetero) is 1. The molecule has 29 heavy (non-hydrogen) atoms. The van der Waals surface area contributed by atoms with Crippen molar-refractivity contribution in [2.24, 2.45) is 5.92 Å². The van der Waals surface area contributed by atoms with Crippen molar-refractivity contribution in [3.8, 4) is 0 Å². The highest BCUT2D eigenvalue weighted by atomic mass is 35.5. The van der Waals surface area contributed by atoms with Gasteiger partial charge >= 0.3 is 0 Å². The zero-order valence-electron chi connectivity index (χ0n) is 17.6. The Labute approximate surface area is 178 Å². The largest absolute Gasteiger partial charge is 0.345 e. The van der Waals surface area contributed by atoms with Crippen molar-refractivity contribution in [2.75, 3.05) is 13.6 Å². The SMILES string of the molecule is CN1CCCC1Cn1cc(C(=O)CCC2CCC(C)(F)CC2)c2c(Cl)cccc21. The van der Waals surface area contributed by atoms with Crippen molar-refractivity contribution in [3.05, 3.63) is 35.0 Å². The number of aromatic nitrogens is 1. The van der Waals surface area contributed by atoms with Crippen molar-refractivity contribution in [1.82, 2.24) is 9.47 Å². The Morgan fingerprint density at radius 2 is 2.03 bits per heavy atom. The van der Waals surface area contributed by atoms with Crippen LogP contribution in [0.15, 0.2) is 24.4 Å². The molecule has 0 radical (unpaired) electrons. The number of ketones is 1. The number of alkyl halides is 1. The van der Waals surface area contributed by atoms with Crippen LogP contribution in [0.3, 0.4) is 0 Å². The number of likely N-dealkylation sites (tertiary alicyclic amines) is 1. The summed E-state index contributed by atoms with van der Waals surface area (Å²) >= 11 is 6.53. The van der Waals surface area contributed by atoms with Gasteiger partial charge in [-0.25, -0.2) is 4.39 Å². The van der Waals surface area contributed by atoms with Gasteiger partial charge in [0.1, 0.15) is 5.67 Å². The van der Waals surface area contributed by atoms with Crippen molar-refractivity contribution in [3.63, 3.8) is 0 Å². The minimum Gasteiger partial charge on any atom is -0.345 e. The molecule has 1 aliphatic heterocycles. The lowest BCUT2D eigenvalue weighted by Crippen LogP contribution is -2.29. The smallest absolute Gasteiger partial charge is 0.165 e. The molecule has 1 aromatic carbocycles. The van der Waals surface area contributed by atoms with Crippen LogP contribution >= 0.6 is 11.6 Å². The number of carbonyl (C=O) groups excluding carboxylic acids is 1. The molecular formula is C24H32ClFN2O. The highest BCUT2D eigenvalue weighted by Crippen LogP contribution is 2.37. The predicted octanol–water partition coefficient (Wildman–Crippen LogP) is 6.27. The van der Waals surface area contributed by atoms with E-state index in [4.69, 9.17) is 11.6 Å². The van der Waals surface area contributed by atoms with E-state index in [-0.39, 0.29) is 5.78 Å². The van der Waals surface area contributed by atoms with Gasteiger partial charge in [0.25, 0.3) is 0 Å². The van der Waals surface area contributed by atoms with Crippen molar-refractivity contribution >= 4 is 28.3 Å². The Bertz CT molecular complexity index is 880. The molecule has 2 fully saturated rings. The number of carbonyl (C=O) groups is 1. The fourth-order valence-electron chi connectivity index (χ4n) is 5.15. The average Bonchev–Trinajstić information content (AvgIpc) is 3.26. The van der Waals surface area contributed by atoms with Gasteiger partial charge in [0.2, 0.25) is 0 Å². The summed E-state index contributed by atoms with van der Waals surface area (Å²) in [5.74, 6) is 0.619. The standard InChI is InChI=1S/C24H32ClFN2O/c1-24(26)12-10-17(11-13-24)8-9-22(29)19-16-28(15-18-5-4-14-27(18)2)21-7-3-6-20(25)23(19)21/h3,6-7,16-18H,4-5,8-15H2,1-2H3. The van der Waals surface area contributed by atoms with Gasteiger partial charge in [0.05, 0.1) is 10.5 Å². The summed E-state index contributed by atoms with van der Waals surface area (Å²) < 4.78 is 16.3. The summed E-state index contributed by atoms with van der Waals surface area (Å²) in [5.41, 5.74) is 0.777. The molecule has 1 unspecified atom stereocenters. The molecule has 1 aromatic heterocycles. The van der Waals surface area contributed by atoms with E-state index in [2.05, 4.69) is 22.6 Å². The van der Waals surface area contributed by atoms with Crippen molar-refractivity contribution < 1.29 is 9.18 Å². The number of fused-ring (bicyclic) bond motifs is 1. The molecule has 4 rings (SSSR count). The van der Waals surface area contributed by atoms with Crippen molar-refractivity contribution in [2.45, 2.75) is 76.5 Å². The highest BCUT2D eigenvalue weighted by Gasteiger charge is 2.31. The molecule has 0 bridgehead atoms. The first-order chi connectivity index (χ1) is 13.8. The summed E-state index contributed by atoms with van der Waals surface area (Å²) in [6.45, 7) is 3.72. The van der Waals surface area contributed by atoms with Gasteiger partial charge in [0.15, 0.2) is 5.78 Å². The Balaban J connectivity index is 1.51. The Kier molecular flexibility index (Phi) is 6.04. The molecule has 0 N–H and O–H groups in total. The molecule has 0 spiro atoms. The minimum atomic E-state index is -1.02. The zero-order chi connectivity index (χ0) is 20.6. The molecule has 2 aliphatic rings. The molecule has 3 nitrogen and oxygen atoms in total. The summed E-state index contributed by atoms with van der Waals surface area (Å²) in [6, 6.07) is 6.40. The van der Waals surface area contributed by atoms with Crippen LogP contribution in [-0.2, 0) is 6.54 Å². The van der Waals surface area contributed by atoms with Gasteiger partial charge in [0, 0.05) is 36.2 Å². The molecule has 5 heteroatoms. The summed E-state index contributed by atoms with van der Waals surface area (Å²) in [6.07, 6.45) is 8.80. The number of benzene rings is 1. The third kappa shape index (κ3) is 4.54. The maximum Gasteiger partial charge on any atom is 0.165 e. The van der Waals surface area contributed by atoms with Crippen molar-refractivity contribution in [1.29, 1.82) is 0 Å². The third-order valence-corrected chi connectivity index (χ3v) is 7.48. The first-order valence-electron chi connectivity index (χ1n) is 11.0. The maximum atomic E-state index is 14.0. The number of hydrogen-bond donors (Lipinski definition) is 0. The van der Waals surface area contributed by atoms with Crippen LogP contribution in [-0.4, -0.2) is 40.6 Å². The van der Waals surface area contributed by atoms with Crippen LogP contribution in [0.2, 0.25) is 5.02 Å². The Hall–Kier alpha value is -1.39. The molecule has 1 atom stereocenters. The van der Waals surface area contributed by atoms with Gasteiger partial charge in [-0.3, -0.25) is 4.79 Å². The zero-order valence-corrected chi connectivity index (χ0v) is 18.3. The van der Waals surface area contributed by atoms with Crippen LogP contribution in [0.1, 0.15) is 68.6 Å². The quantitative estimate of drug-likeness (QED) is 0.516. The van der Waals surface area contributed by atoms with E-state index >= 15 is 0 Å². The van der Waals surface area contributed by atoms with E-state index in [9.17, 15) is 9.18 Å². The lowest BCUT2D eigenvalue weighted by atomic mass is 9.79. The minimum absolute atomic E-state index is 0.162. The maximum absolute atomic E-state index is 14.0. The van der Waals surface area contributed by atoms with E-state index in [0.29, 0.717) is 36.2 Å². The van der Waals surface area contributed by atoms with Gasteiger partial charge in [-0.1, -0.05) is 17.7 Å². The average molecular weight is 419 g/mol. The number of nitrogens with zero attached hydrogens (tertiary/aromatic N) is 2. The first kappa shape index (κ1) is 20.9. The second-order valence-corrected chi connectivity index (χ2v) is 9.83. The topological polar surface area (TPSA) is 25.2 Å². The number of likely N-dealkylation sites (N-methyl/N-ethyl adjacent to an activating group) is 1. The van der Waals surface area contributed by atoms with E-state index in [1.807, 2.05) is 18.3 Å². The second kappa shape index (κ2) is 8.39. The molecule has 1 saturated carbocycles. The fraction of sp³-hybridized carbons (Fsp3) is 0.625. The summed E-state index contributed by atoms with van der Waals surface area (Å²) in [5, 5.41) is 1.54.